The van der Waals surface area contributed by atoms with E-state index in [4.69, 9.17) is 5.26 Å². The second kappa shape index (κ2) is 14.1. The first-order valence-corrected chi connectivity index (χ1v) is 6.42. The van der Waals surface area contributed by atoms with Gasteiger partial charge in [-0.25, -0.2) is 10.2 Å². The maximum Gasteiger partial charge on any atom is 0.252 e. The van der Waals surface area contributed by atoms with Gasteiger partial charge in [-0.2, -0.15) is 0 Å². The van der Waals surface area contributed by atoms with Crippen molar-refractivity contribution >= 4 is 5.71 Å². The Balaban J connectivity index is 0. The van der Waals surface area contributed by atoms with E-state index < -0.39 is 0 Å². The molecule has 1 N–H and O–H groups in total. The quantitative estimate of drug-likeness (QED) is 0.378. The second-order valence-electron chi connectivity index (χ2n) is 2.63. The minimum Gasteiger partial charge on any atom is -0.320 e. The standard InChI is InChI=1S/C11H12N2O2.2C2H6/c1-3-9(13-11(4-2)15-14)10-7-5-6-8-12-10;2*1-2/h3-8,14H,1H2,2H3;2*1-2H3/b11-4+,13-9+;;. The Hall–Kier alpha value is -1.94. The van der Waals surface area contributed by atoms with Crippen LogP contribution in [-0.2, 0) is 4.89 Å². The number of nitrogens with zero attached hydrogens (tertiary/aromatic N) is 2. The minimum atomic E-state index is 0.107. The zero-order valence-electron chi connectivity index (χ0n) is 12.4. The van der Waals surface area contributed by atoms with Gasteiger partial charge in [-0.1, -0.05) is 40.3 Å². The molecule has 106 valence electrons. The number of hydrogen-bond donors (Lipinski definition) is 1. The monoisotopic (exact) mass is 264 g/mol. The maximum absolute atomic E-state index is 8.49. The van der Waals surface area contributed by atoms with E-state index in [-0.39, 0.29) is 5.88 Å². The van der Waals surface area contributed by atoms with Gasteiger partial charge in [-0.05, 0) is 31.2 Å². The Morgan fingerprint density at radius 3 is 2.32 bits per heavy atom. The molecule has 19 heavy (non-hydrogen) atoms. The molecular weight excluding hydrogens is 240 g/mol. The molecule has 0 atom stereocenters. The van der Waals surface area contributed by atoms with E-state index in [1.807, 2.05) is 39.8 Å². The Kier molecular flexibility index (Phi) is 14.4. The van der Waals surface area contributed by atoms with Crippen molar-refractivity contribution in [3.05, 3.63) is 54.7 Å². The van der Waals surface area contributed by atoms with Crippen molar-refractivity contribution in [2.75, 3.05) is 0 Å². The van der Waals surface area contributed by atoms with E-state index in [0.29, 0.717) is 11.4 Å². The third kappa shape index (κ3) is 7.89. The van der Waals surface area contributed by atoms with Gasteiger partial charge in [0.05, 0.1) is 11.4 Å². The van der Waals surface area contributed by atoms with E-state index in [9.17, 15) is 0 Å². The molecular formula is C15H24N2O2. The topological polar surface area (TPSA) is 54.7 Å². The van der Waals surface area contributed by atoms with Gasteiger partial charge >= 0.3 is 0 Å². The van der Waals surface area contributed by atoms with Crippen LogP contribution in [0.2, 0.25) is 0 Å². The predicted octanol–water partition coefficient (Wildman–Crippen LogP) is 4.46. The molecule has 0 fully saturated rings. The highest BCUT2D eigenvalue weighted by molar-refractivity contribution is 6.07. The summed E-state index contributed by atoms with van der Waals surface area (Å²) in [6, 6.07) is 5.45. The summed E-state index contributed by atoms with van der Waals surface area (Å²) in [5, 5.41) is 8.49. The highest BCUT2D eigenvalue weighted by Gasteiger charge is 2.01. The lowest BCUT2D eigenvalue weighted by atomic mass is 10.2. The molecule has 1 aromatic heterocycles. The van der Waals surface area contributed by atoms with Crippen molar-refractivity contribution in [2.24, 2.45) is 4.99 Å². The highest BCUT2D eigenvalue weighted by Crippen LogP contribution is 2.04. The molecule has 1 heterocycles. The SMILES string of the molecule is C=C/C(=N\C(=C/C)OO)c1ccccn1.CC.CC. The van der Waals surface area contributed by atoms with Crippen molar-refractivity contribution in [3.8, 4) is 0 Å². The number of hydrogen-bond acceptors (Lipinski definition) is 4. The fourth-order valence-electron chi connectivity index (χ4n) is 0.978. The predicted molar refractivity (Wildman–Crippen MR) is 81.1 cm³/mol. The van der Waals surface area contributed by atoms with Gasteiger partial charge in [0.15, 0.2) is 0 Å². The van der Waals surface area contributed by atoms with Crippen LogP contribution in [0.25, 0.3) is 0 Å². The Labute approximate surface area is 116 Å². The summed E-state index contributed by atoms with van der Waals surface area (Å²) in [5.74, 6) is 0.107. The molecule has 4 heteroatoms. The first kappa shape index (κ1) is 19.4. The normalized spacial score (nSPS) is 10.4. The van der Waals surface area contributed by atoms with E-state index in [2.05, 4.69) is 21.4 Å². The van der Waals surface area contributed by atoms with Crippen LogP contribution in [0.4, 0.5) is 0 Å². The van der Waals surface area contributed by atoms with Gasteiger partial charge in [-0.15, -0.1) is 0 Å². The van der Waals surface area contributed by atoms with Crippen LogP contribution in [0.5, 0.6) is 0 Å². The summed E-state index contributed by atoms with van der Waals surface area (Å²) < 4.78 is 0. The van der Waals surface area contributed by atoms with Crippen LogP contribution >= 0.6 is 0 Å². The van der Waals surface area contributed by atoms with Crippen molar-refractivity contribution in [1.82, 2.24) is 4.98 Å². The molecule has 0 amide bonds. The Morgan fingerprint density at radius 1 is 1.32 bits per heavy atom. The van der Waals surface area contributed by atoms with E-state index >= 15 is 0 Å². The van der Waals surface area contributed by atoms with Crippen molar-refractivity contribution in [1.29, 1.82) is 0 Å². The fourth-order valence-corrected chi connectivity index (χ4v) is 0.978. The lowest BCUT2D eigenvalue weighted by Gasteiger charge is -2.00. The molecule has 4 nitrogen and oxygen atoms in total. The third-order valence-corrected chi connectivity index (χ3v) is 1.69. The number of pyridine rings is 1. The van der Waals surface area contributed by atoms with Gasteiger partial charge in [-0.3, -0.25) is 4.98 Å². The van der Waals surface area contributed by atoms with Crippen LogP contribution < -0.4 is 0 Å². The zero-order valence-corrected chi connectivity index (χ0v) is 12.4. The van der Waals surface area contributed by atoms with Gasteiger partial charge < -0.3 is 4.89 Å². The molecule has 0 bridgehead atoms. The molecule has 0 aromatic carbocycles. The average molecular weight is 264 g/mol. The average Bonchev–Trinajstić information content (AvgIpc) is 2.53. The van der Waals surface area contributed by atoms with Gasteiger partial charge in [0.2, 0.25) is 0 Å². The van der Waals surface area contributed by atoms with Gasteiger partial charge in [0.1, 0.15) is 0 Å². The lowest BCUT2D eigenvalue weighted by Crippen LogP contribution is -2.00. The number of rotatable bonds is 4. The molecule has 1 rings (SSSR count). The Morgan fingerprint density at radius 2 is 1.95 bits per heavy atom. The van der Waals surface area contributed by atoms with Crippen LogP contribution in [0, 0.1) is 0 Å². The van der Waals surface area contributed by atoms with E-state index in [1.54, 1.807) is 25.3 Å². The lowest BCUT2D eigenvalue weighted by molar-refractivity contribution is -0.203. The van der Waals surface area contributed by atoms with Crippen molar-refractivity contribution in [2.45, 2.75) is 34.6 Å². The van der Waals surface area contributed by atoms with E-state index in [1.165, 1.54) is 6.08 Å². The molecule has 0 aliphatic heterocycles. The first-order valence-electron chi connectivity index (χ1n) is 6.42. The molecule has 0 saturated carbocycles. The molecule has 0 aliphatic carbocycles. The molecule has 0 saturated heterocycles. The molecule has 1 aromatic rings. The van der Waals surface area contributed by atoms with Crippen LogP contribution in [0.3, 0.4) is 0 Å². The van der Waals surface area contributed by atoms with Gasteiger partial charge in [0.25, 0.3) is 5.88 Å². The highest BCUT2D eigenvalue weighted by atomic mass is 17.1. The number of aliphatic imine (C=N–C) groups is 1. The molecule has 0 aliphatic rings. The van der Waals surface area contributed by atoms with Crippen LogP contribution in [0.15, 0.2) is 54.0 Å². The molecule has 0 unspecified atom stereocenters. The van der Waals surface area contributed by atoms with Crippen LogP contribution in [0.1, 0.15) is 40.3 Å². The smallest absolute Gasteiger partial charge is 0.252 e. The van der Waals surface area contributed by atoms with Crippen LogP contribution in [-0.4, -0.2) is 16.0 Å². The summed E-state index contributed by atoms with van der Waals surface area (Å²) in [6.07, 6.45) is 4.74. The van der Waals surface area contributed by atoms with Gasteiger partial charge in [0, 0.05) is 6.20 Å². The minimum absolute atomic E-state index is 0.107. The Bertz CT molecular complexity index is 384. The number of allylic oxidation sites excluding steroid dienone is 2. The van der Waals surface area contributed by atoms with Crippen molar-refractivity contribution < 1.29 is 10.1 Å². The summed E-state index contributed by atoms with van der Waals surface area (Å²) in [5.41, 5.74) is 1.21. The zero-order chi connectivity index (χ0) is 15.1. The third-order valence-electron chi connectivity index (χ3n) is 1.69. The summed E-state index contributed by atoms with van der Waals surface area (Å²) in [7, 11) is 0. The largest absolute Gasteiger partial charge is 0.320 e. The number of aromatic nitrogens is 1. The molecule has 0 radical (unpaired) electrons. The summed E-state index contributed by atoms with van der Waals surface area (Å²) in [6.45, 7) is 13.3. The summed E-state index contributed by atoms with van der Waals surface area (Å²) >= 11 is 0. The maximum atomic E-state index is 8.49. The fraction of sp³-hybridized carbons (Fsp3) is 0.333. The summed E-state index contributed by atoms with van der Waals surface area (Å²) in [4.78, 5) is 12.2. The van der Waals surface area contributed by atoms with Crippen molar-refractivity contribution in [3.63, 3.8) is 0 Å². The van der Waals surface area contributed by atoms with E-state index in [0.717, 1.165) is 0 Å². The second-order valence-corrected chi connectivity index (χ2v) is 2.63. The first-order chi connectivity index (χ1) is 9.31. The molecule has 0 spiro atoms.